The molecule has 0 spiro atoms. The second-order valence-corrected chi connectivity index (χ2v) is 6.45. The molecule has 1 atom stereocenters. The van der Waals surface area contributed by atoms with Crippen LogP contribution in [0.25, 0.3) is 10.8 Å². The molecule has 144 valence electrons. The fraction of sp³-hybridized carbons (Fsp3) is 0.182. The minimum absolute atomic E-state index is 0.0718. The lowest BCUT2D eigenvalue weighted by Crippen LogP contribution is -2.59. The molecule has 0 saturated carbocycles. The van der Waals surface area contributed by atoms with E-state index in [1.165, 1.54) is 0 Å². The summed E-state index contributed by atoms with van der Waals surface area (Å²) >= 11 is 0. The fourth-order valence-corrected chi connectivity index (χ4v) is 3.07. The molecule has 28 heavy (non-hydrogen) atoms. The van der Waals surface area contributed by atoms with Crippen LogP contribution in [0.4, 0.5) is 5.69 Å². The number of benzene rings is 3. The van der Waals surface area contributed by atoms with E-state index in [-0.39, 0.29) is 18.4 Å². The number of anilines is 1. The molecule has 6 heteroatoms. The minimum atomic E-state index is -0.700. The van der Waals surface area contributed by atoms with E-state index in [1.54, 1.807) is 13.2 Å². The number of methoxy groups -OCH3 is 1. The molecule has 3 rings (SSSR count). The predicted molar refractivity (Wildman–Crippen MR) is 109 cm³/mol. The van der Waals surface area contributed by atoms with Gasteiger partial charge in [-0.15, -0.1) is 0 Å². The molecule has 0 saturated heterocycles. The van der Waals surface area contributed by atoms with Crippen LogP contribution in [0.5, 0.6) is 5.75 Å². The second-order valence-electron chi connectivity index (χ2n) is 6.45. The summed E-state index contributed by atoms with van der Waals surface area (Å²) in [5.41, 5.74) is 5.16. The van der Waals surface area contributed by atoms with E-state index in [1.807, 2.05) is 60.7 Å². The SMILES string of the molecule is COc1cc(NC(=O)[C@H](Cc2ccccc2)NC(=O)C[NH3+])cc2ccccc12. The first-order chi connectivity index (χ1) is 13.6. The third-order valence-corrected chi connectivity index (χ3v) is 4.47. The van der Waals surface area contributed by atoms with Gasteiger partial charge in [0.2, 0.25) is 5.91 Å². The molecule has 0 bridgehead atoms. The van der Waals surface area contributed by atoms with Crippen LogP contribution >= 0.6 is 0 Å². The van der Waals surface area contributed by atoms with E-state index in [2.05, 4.69) is 16.4 Å². The van der Waals surface area contributed by atoms with Crippen molar-refractivity contribution in [2.45, 2.75) is 12.5 Å². The highest BCUT2D eigenvalue weighted by Crippen LogP contribution is 2.29. The van der Waals surface area contributed by atoms with Crippen LogP contribution in [0.2, 0.25) is 0 Å². The van der Waals surface area contributed by atoms with Crippen LogP contribution < -0.4 is 21.1 Å². The summed E-state index contributed by atoms with van der Waals surface area (Å²) < 4.78 is 5.46. The average Bonchev–Trinajstić information content (AvgIpc) is 2.73. The van der Waals surface area contributed by atoms with Crippen LogP contribution in [-0.4, -0.2) is 31.5 Å². The molecule has 6 nitrogen and oxygen atoms in total. The van der Waals surface area contributed by atoms with E-state index >= 15 is 0 Å². The van der Waals surface area contributed by atoms with Gasteiger partial charge < -0.3 is 21.1 Å². The number of carbonyl (C=O) groups is 2. The van der Waals surface area contributed by atoms with Crippen molar-refractivity contribution in [1.82, 2.24) is 5.32 Å². The molecule has 0 aliphatic carbocycles. The van der Waals surface area contributed by atoms with Gasteiger partial charge in [0, 0.05) is 23.6 Å². The van der Waals surface area contributed by atoms with Crippen molar-refractivity contribution in [3.8, 4) is 5.75 Å². The maximum absolute atomic E-state index is 12.9. The Labute approximate surface area is 163 Å². The summed E-state index contributed by atoms with van der Waals surface area (Å²) in [5.74, 6) is 0.116. The largest absolute Gasteiger partial charge is 0.496 e. The fourth-order valence-electron chi connectivity index (χ4n) is 3.07. The van der Waals surface area contributed by atoms with Crippen molar-refractivity contribution in [3.05, 3.63) is 72.3 Å². The quantitative estimate of drug-likeness (QED) is 0.585. The highest BCUT2D eigenvalue weighted by molar-refractivity contribution is 6.00. The van der Waals surface area contributed by atoms with Gasteiger partial charge in [-0.3, -0.25) is 9.59 Å². The molecule has 0 aliphatic rings. The van der Waals surface area contributed by atoms with E-state index in [9.17, 15) is 9.59 Å². The van der Waals surface area contributed by atoms with Crippen LogP contribution in [-0.2, 0) is 16.0 Å². The van der Waals surface area contributed by atoms with Gasteiger partial charge in [-0.05, 0) is 17.0 Å². The minimum Gasteiger partial charge on any atom is -0.496 e. The first-order valence-electron chi connectivity index (χ1n) is 9.11. The van der Waals surface area contributed by atoms with E-state index in [0.717, 1.165) is 16.3 Å². The number of nitrogens with one attached hydrogen (secondary N) is 2. The lowest BCUT2D eigenvalue weighted by atomic mass is 10.0. The Balaban J connectivity index is 1.84. The maximum Gasteiger partial charge on any atom is 0.275 e. The second kappa shape index (κ2) is 9.01. The van der Waals surface area contributed by atoms with Crippen LogP contribution in [0.3, 0.4) is 0 Å². The molecule has 0 fully saturated rings. The summed E-state index contributed by atoms with van der Waals surface area (Å²) in [4.78, 5) is 24.8. The van der Waals surface area contributed by atoms with E-state index in [4.69, 9.17) is 4.74 Å². The maximum atomic E-state index is 12.9. The predicted octanol–water partition coefficient (Wildman–Crippen LogP) is 1.76. The van der Waals surface area contributed by atoms with Gasteiger partial charge in [-0.25, -0.2) is 0 Å². The van der Waals surface area contributed by atoms with Gasteiger partial charge in [-0.1, -0.05) is 54.6 Å². The Kier molecular flexibility index (Phi) is 6.24. The Morgan fingerprint density at radius 1 is 1.04 bits per heavy atom. The monoisotopic (exact) mass is 378 g/mol. The highest BCUT2D eigenvalue weighted by Gasteiger charge is 2.22. The molecule has 0 radical (unpaired) electrons. The standard InChI is InChI=1S/C22H23N3O3/c1-28-20-13-17(12-16-9-5-6-10-18(16)20)24-22(27)19(25-21(26)14-23)11-15-7-3-2-4-8-15/h2-10,12-13,19H,11,14,23H2,1H3,(H,24,27)(H,25,26)/p+1/t19-/m0/s1. The lowest BCUT2D eigenvalue weighted by Gasteiger charge is -2.18. The summed E-state index contributed by atoms with van der Waals surface area (Å²) in [5, 5.41) is 7.58. The molecular formula is C22H24N3O3+. The zero-order chi connectivity index (χ0) is 19.9. The smallest absolute Gasteiger partial charge is 0.275 e. The third-order valence-electron chi connectivity index (χ3n) is 4.47. The summed E-state index contributed by atoms with van der Waals surface area (Å²) in [6.45, 7) is 0.0718. The van der Waals surface area contributed by atoms with Crippen molar-refractivity contribution < 1.29 is 20.1 Å². The summed E-state index contributed by atoms with van der Waals surface area (Å²) in [6, 6.07) is 20.3. The van der Waals surface area contributed by atoms with Crippen LogP contribution in [0, 0.1) is 0 Å². The summed E-state index contributed by atoms with van der Waals surface area (Å²) in [7, 11) is 1.60. The Morgan fingerprint density at radius 3 is 2.46 bits per heavy atom. The first-order valence-corrected chi connectivity index (χ1v) is 9.11. The van der Waals surface area contributed by atoms with Crippen molar-refractivity contribution in [2.24, 2.45) is 0 Å². The number of quaternary nitrogens is 1. The van der Waals surface area contributed by atoms with Gasteiger partial charge >= 0.3 is 0 Å². The lowest BCUT2D eigenvalue weighted by molar-refractivity contribution is -0.355. The first kappa shape index (κ1) is 19.4. The van der Waals surface area contributed by atoms with Crippen molar-refractivity contribution in [1.29, 1.82) is 0 Å². The number of hydrogen-bond donors (Lipinski definition) is 3. The number of amides is 2. The number of ether oxygens (including phenoxy) is 1. The number of carbonyl (C=O) groups excluding carboxylic acids is 2. The van der Waals surface area contributed by atoms with Gasteiger partial charge in [-0.2, -0.15) is 0 Å². The molecule has 3 aromatic carbocycles. The molecule has 5 N–H and O–H groups in total. The molecular weight excluding hydrogens is 354 g/mol. The third kappa shape index (κ3) is 4.66. The van der Waals surface area contributed by atoms with E-state index in [0.29, 0.717) is 17.9 Å². The Bertz CT molecular complexity index is 973. The van der Waals surface area contributed by atoms with Crippen molar-refractivity contribution in [2.75, 3.05) is 19.0 Å². The topological polar surface area (TPSA) is 95.1 Å². The van der Waals surface area contributed by atoms with E-state index < -0.39 is 6.04 Å². The summed E-state index contributed by atoms with van der Waals surface area (Å²) in [6.07, 6.45) is 0.392. The molecule has 3 aromatic rings. The molecule has 2 amide bonds. The average molecular weight is 378 g/mol. The molecule has 0 aromatic heterocycles. The Morgan fingerprint density at radius 2 is 1.75 bits per heavy atom. The van der Waals surface area contributed by atoms with Gasteiger partial charge in [0.1, 0.15) is 11.8 Å². The number of fused-ring (bicyclic) bond motifs is 1. The van der Waals surface area contributed by atoms with Crippen LogP contribution in [0.15, 0.2) is 66.7 Å². The normalized spacial score (nSPS) is 11.6. The molecule has 0 heterocycles. The van der Waals surface area contributed by atoms with Crippen molar-refractivity contribution in [3.63, 3.8) is 0 Å². The van der Waals surface area contributed by atoms with Crippen molar-refractivity contribution >= 4 is 28.3 Å². The molecule has 0 aliphatic heterocycles. The number of hydrogen-bond acceptors (Lipinski definition) is 3. The van der Waals surface area contributed by atoms with Gasteiger partial charge in [0.15, 0.2) is 6.54 Å². The Hall–Kier alpha value is -3.38. The van der Waals surface area contributed by atoms with Gasteiger partial charge in [0.05, 0.1) is 7.11 Å². The highest BCUT2D eigenvalue weighted by atomic mass is 16.5. The van der Waals surface area contributed by atoms with Gasteiger partial charge in [0.25, 0.3) is 5.91 Å². The molecule has 0 unspecified atom stereocenters. The number of rotatable bonds is 7. The zero-order valence-electron chi connectivity index (χ0n) is 15.8. The van der Waals surface area contributed by atoms with Crippen LogP contribution in [0.1, 0.15) is 5.56 Å². The zero-order valence-corrected chi connectivity index (χ0v) is 15.8.